The quantitative estimate of drug-likeness (QED) is 0.103. The predicted molar refractivity (Wildman–Crippen MR) is 236 cm³/mol. The molecule has 3 aromatic heterocycles. The van der Waals surface area contributed by atoms with E-state index in [0.717, 1.165) is 129 Å². The molecule has 0 spiro atoms. The minimum atomic E-state index is 0.0213. The van der Waals surface area contributed by atoms with Crippen molar-refractivity contribution in [3.05, 3.63) is 82.5 Å². The number of rotatable bonds is 18. The molecule has 2 aliphatic heterocycles. The smallest absolute Gasteiger partial charge is 0.220 e. The van der Waals surface area contributed by atoms with E-state index in [2.05, 4.69) is 123 Å². The van der Waals surface area contributed by atoms with Gasteiger partial charge in [-0.05, 0) is 124 Å². The van der Waals surface area contributed by atoms with Gasteiger partial charge >= 0.3 is 0 Å². The summed E-state index contributed by atoms with van der Waals surface area (Å²) >= 11 is 0. The van der Waals surface area contributed by atoms with E-state index in [1.54, 1.807) is 0 Å². The molecule has 2 amide bonds. The number of aryl methyl sites for hydroxylation is 2. The Bertz CT molecular complexity index is 2190. The number of allylic oxidation sites excluding steroid dienone is 4. The summed E-state index contributed by atoms with van der Waals surface area (Å²) in [4.78, 5) is 48.6. The highest BCUT2D eigenvalue weighted by Crippen LogP contribution is 2.38. The molecule has 298 valence electrons. The van der Waals surface area contributed by atoms with E-state index in [1.165, 1.54) is 0 Å². The molecule has 5 rings (SSSR count). The van der Waals surface area contributed by atoms with Crippen molar-refractivity contribution in [2.75, 3.05) is 52.4 Å². The number of hydrogen-bond donors (Lipinski definition) is 4. The molecule has 0 atom stereocenters. The van der Waals surface area contributed by atoms with Crippen LogP contribution in [0.25, 0.3) is 56.5 Å². The van der Waals surface area contributed by atoms with Gasteiger partial charge in [-0.2, -0.15) is 0 Å². The van der Waals surface area contributed by atoms with Gasteiger partial charge in [-0.25, -0.2) is 9.97 Å². The molecule has 0 saturated heterocycles. The Kier molecular flexibility index (Phi) is 14.4. The van der Waals surface area contributed by atoms with Gasteiger partial charge in [0, 0.05) is 72.2 Å². The summed E-state index contributed by atoms with van der Waals surface area (Å²) in [6, 6.07) is 8.36. The van der Waals surface area contributed by atoms with Gasteiger partial charge < -0.3 is 30.4 Å². The molecule has 0 unspecified atom stereocenters. The third-order valence-electron chi connectivity index (χ3n) is 11.5. The number of aromatic nitrogens is 4. The van der Waals surface area contributed by atoms with Crippen LogP contribution in [0.2, 0.25) is 0 Å². The number of H-pyrrole nitrogens is 2. The van der Waals surface area contributed by atoms with Crippen LogP contribution in [0, 0.1) is 13.8 Å². The highest BCUT2D eigenvalue weighted by atomic mass is 16.2. The Hall–Kier alpha value is -5.06. The van der Waals surface area contributed by atoms with Crippen LogP contribution in [0.4, 0.5) is 0 Å². The summed E-state index contributed by atoms with van der Waals surface area (Å²) < 4.78 is 0. The van der Waals surface area contributed by atoms with Crippen molar-refractivity contribution in [2.45, 2.75) is 81.1 Å². The van der Waals surface area contributed by atoms with Gasteiger partial charge in [0.1, 0.15) is 0 Å². The van der Waals surface area contributed by atoms with Gasteiger partial charge in [0.05, 0.1) is 22.8 Å². The lowest BCUT2D eigenvalue weighted by Gasteiger charge is -2.18. The van der Waals surface area contributed by atoms with Crippen LogP contribution >= 0.6 is 0 Å². The Balaban J connectivity index is 1.63. The lowest BCUT2D eigenvalue weighted by Crippen LogP contribution is -2.34. The van der Waals surface area contributed by atoms with Crippen molar-refractivity contribution in [2.24, 2.45) is 0 Å². The number of nitrogens with zero attached hydrogens (tertiary/aromatic N) is 4. The Morgan fingerprint density at radius 3 is 1.41 bits per heavy atom. The van der Waals surface area contributed by atoms with E-state index in [1.807, 2.05) is 12.2 Å². The van der Waals surface area contributed by atoms with Crippen molar-refractivity contribution in [1.29, 1.82) is 0 Å². The van der Waals surface area contributed by atoms with Gasteiger partial charge in [0.25, 0.3) is 0 Å². The van der Waals surface area contributed by atoms with Gasteiger partial charge in [0.15, 0.2) is 0 Å². The van der Waals surface area contributed by atoms with Gasteiger partial charge in [-0.3, -0.25) is 9.59 Å². The molecular formula is C46H62N8O2. The zero-order chi connectivity index (χ0) is 40.5. The fourth-order valence-electron chi connectivity index (χ4n) is 7.74. The molecular weight excluding hydrogens is 697 g/mol. The molecule has 0 aliphatic carbocycles. The molecule has 10 nitrogen and oxygen atoms in total. The lowest BCUT2D eigenvalue weighted by molar-refractivity contribution is -0.121. The molecule has 4 N–H and O–H groups in total. The van der Waals surface area contributed by atoms with Gasteiger partial charge in [0.2, 0.25) is 11.8 Å². The van der Waals surface area contributed by atoms with Crippen molar-refractivity contribution >= 4 is 68.3 Å². The summed E-state index contributed by atoms with van der Waals surface area (Å²) in [5, 5.41) is 6.24. The van der Waals surface area contributed by atoms with E-state index in [9.17, 15) is 9.59 Å². The molecule has 0 aromatic carbocycles. The summed E-state index contributed by atoms with van der Waals surface area (Å²) in [6.45, 7) is 31.9. The van der Waals surface area contributed by atoms with E-state index in [0.29, 0.717) is 38.8 Å². The third kappa shape index (κ3) is 9.48. The summed E-state index contributed by atoms with van der Waals surface area (Å²) in [5.41, 5.74) is 15.3. The van der Waals surface area contributed by atoms with Crippen LogP contribution in [0.1, 0.15) is 112 Å². The average Bonchev–Trinajstić information content (AvgIpc) is 3.85. The number of likely N-dealkylation sites (N-methyl/N-ethyl adjacent to an activating group) is 2. The number of carbonyl (C=O) groups is 2. The van der Waals surface area contributed by atoms with Crippen LogP contribution in [0.15, 0.2) is 37.4 Å². The molecule has 2 aliphatic rings. The zero-order valence-electron chi connectivity index (χ0n) is 35.0. The molecule has 0 radical (unpaired) electrons. The first-order chi connectivity index (χ1) is 27.0. The number of nitrogens with one attached hydrogen (secondary N) is 4. The van der Waals surface area contributed by atoms with Crippen molar-refractivity contribution < 1.29 is 9.59 Å². The first-order valence-electron chi connectivity index (χ1n) is 20.4. The summed E-state index contributed by atoms with van der Waals surface area (Å²) in [7, 11) is 0. The average molecular weight is 759 g/mol. The molecule has 56 heavy (non-hydrogen) atoms. The summed E-state index contributed by atoms with van der Waals surface area (Å²) in [5.74, 6) is 0.0435. The number of aromatic amines is 2. The van der Waals surface area contributed by atoms with E-state index < -0.39 is 0 Å². The predicted octanol–water partition coefficient (Wildman–Crippen LogP) is 8.56. The number of fused-ring (bicyclic) bond motifs is 8. The van der Waals surface area contributed by atoms with Gasteiger partial charge in [-0.1, -0.05) is 53.0 Å². The second-order valence-electron chi connectivity index (χ2n) is 14.7. The first-order valence-corrected chi connectivity index (χ1v) is 20.4. The molecule has 0 fully saturated rings. The van der Waals surface area contributed by atoms with Crippen molar-refractivity contribution in [1.82, 2.24) is 40.4 Å². The normalized spacial score (nSPS) is 12.9. The second kappa shape index (κ2) is 19.2. The largest absolute Gasteiger partial charge is 0.355 e. The fourth-order valence-corrected chi connectivity index (χ4v) is 7.74. The summed E-state index contributed by atoms with van der Waals surface area (Å²) in [6.07, 6.45) is 5.53. The highest BCUT2D eigenvalue weighted by Gasteiger charge is 2.23. The van der Waals surface area contributed by atoms with Crippen LogP contribution in [-0.2, 0) is 9.59 Å². The third-order valence-corrected chi connectivity index (χ3v) is 11.5. The number of carbonyl (C=O) groups excluding carboxylic acids is 2. The van der Waals surface area contributed by atoms with Crippen molar-refractivity contribution in [3.8, 4) is 0 Å². The standard InChI is InChI=1S/C46H62N8O2/c1-11-33-29(7)37-25-38-31(9)35(17-19-45(55)47-21-23-53(13-3)14-4)43(51-38)28-44-36(18-20-46(56)48-22-24-54(15-5)16-6)32(10)40(52-44)27-42-34(12-2)30(8)39(50-42)26-41(33)49-37/h11-12,25-28,49-50H,1-2,13-24H2,3-10H3,(H,47,55)(H,48,56). The van der Waals surface area contributed by atoms with E-state index in [4.69, 9.17) is 9.97 Å². The maximum atomic E-state index is 13.2. The van der Waals surface area contributed by atoms with Gasteiger partial charge in [-0.15, -0.1) is 0 Å². The number of hydrogen-bond acceptors (Lipinski definition) is 6. The molecule has 8 bridgehead atoms. The second-order valence-corrected chi connectivity index (χ2v) is 14.7. The van der Waals surface area contributed by atoms with Crippen LogP contribution in [-0.4, -0.2) is 93.9 Å². The van der Waals surface area contributed by atoms with Crippen LogP contribution in [0.3, 0.4) is 0 Å². The minimum absolute atomic E-state index is 0.0213. The Morgan fingerprint density at radius 2 is 1.00 bits per heavy atom. The zero-order valence-corrected chi connectivity index (χ0v) is 35.0. The van der Waals surface area contributed by atoms with E-state index >= 15 is 0 Å². The van der Waals surface area contributed by atoms with E-state index in [-0.39, 0.29) is 11.8 Å². The number of amides is 2. The molecule has 0 saturated carbocycles. The molecule has 3 aromatic rings. The fraction of sp³-hybridized carbons (Fsp3) is 0.435. The minimum Gasteiger partial charge on any atom is -0.355 e. The lowest BCUT2D eigenvalue weighted by atomic mass is 9.98. The molecule has 10 heteroatoms. The first kappa shape index (κ1) is 42.1. The maximum Gasteiger partial charge on any atom is 0.220 e. The van der Waals surface area contributed by atoms with Crippen LogP contribution in [0.5, 0.6) is 0 Å². The van der Waals surface area contributed by atoms with Crippen LogP contribution < -0.4 is 10.6 Å². The SMILES string of the molecule is C=Cc1c(C)c2cc3[nH]c(cc4nc(cc5nc(cc1[nH]2)C(C)=C5CCC(=O)NCCN(CC)CC)C(CCC(=O)NCCN(CC)CC)=C4C)c(C)c3C=C. The monoisotopic (exact) mass is 758 g/mol. The highest BCUT2D eigenvalue weighted by molar-refractivity contribution is 5.97. The Morgan fingerprint density at radius 1 is 0.607 bits per heavy atom. The topological polar surface area (TPSA) is 122 Å². The Labute approximate surface area is 333 Å². The van der Waals surface area contributed by atoms with Crippen molar-refractivity contribution in [3.63, 3.8) is 0 Å². The molecule has 5 heterocycles. The maximum absolute atomic E-state index is 13.2.